The number of amides is 1. The van der Waals surface area contributed by atoms with Gasteiger partial charge in [-0.2, -0.15) is 0 Å². The van der Waals surface area contributed by atoms with E-state index in [0.717, 1.165) is 28.3 Å². The van der Waals surface area contributed by atoms with Gasteiger partial charge >= 0.3 is 0 Å². The molecule has 0 aromatic carbocycles. The van der Waals surface area contributed by atoms with Crippen molar-refractivity contribution in [1.82, 2.24) is 25.2 Å². The summed E-state index contributed by atoms with van der Waals surface area (Å²) < 4.78 is 0. The lowest BCUT2D eigenvalue weighted by atomic mass is 10.0. The third-order valence-electron chi connectivity index (χ3n) is 5.80. The third-order valence-corrected chi connectivity index (χ3v) is 5.80. The molecule has 2 aromatic heterocycles. The number of aromatic nitrogens is 3. The molecule has 3 N–H and O–H groups in total. The highest BCUT2D eigenvalue weighted by molar-refractivity contribution is 6.05. The summed E-state index contributed by atoms with van der Waals surface area (Å²) in [6.07, 6.45) is 2.22. The number of anilines is 1. The lowest BCUT2D eigenvalue weighted by molar-refractivity contribution is -0.105. The van der Waals surface area contributed by atoms with Gasteiger partial charge in [0.2, 0.25) is 6.41 Å². The molecule has 0 aliphatic carbocycles. The number of aryl methyl sites for hydroxylation is 2. The summed E-state index contributed by atoms with van der Waals surface area (Å²) in [6.45, 7) is 20.1. The van der Waals surface area contributed by atoms with Crippen LogP contribution in [0.5, 0.6) is 0 Å². The molecule has 2 aromatic rings. The van der Waals surface area contributed by atoms with Crippen molar-refractivity contribution in [1.29, 1.82) is 0 Å². The van der Waals surface area contributed by atoms with Crippen molar-refractivity contribution in [3.8, 4) is 0 Å². The van der Waals surface area contributed by atoms with E-state index in [1.165, 1.54) is 0 Å². The zero-order valence-corrected chi connectivity index (χ0v) is 23.3. The van der Waals surface area contributed by atoms with Crippen LogP contribution in [0.1, 0.15) is 88.5 Å². The Morgan fingerprint density at radius 1 is 1.11 bits per heavy atom. The minimum Gasteiger partial charge on any atom is -0.395 e. The average Bonchev–Trinajstić information content (AvgIpc) is 2.78. The van der Waals surface area contributed by atoms with E-state index in [0.29, 0.717) is 43.3 Å². The van der Waals surface area contributed by atoms with Crippen molar-refractivity contribution >= 4 is 23.8 Å². The fraction of sp³-hybridized carbons (Fsp3) is 0.593. The number of rotatable bonds is 11. The maximum absolute atomic E-state index is 11.5. The van der Waals surface area contributed by atoms with Gasteiger partial charge in [0.25, 0.3) is 0 Å². The largest absolute Gasteiger partial charge is 0.395 e. The topological polar surface area (TPSA) is 116 Å². The Bertz CT molecular complexity index is 1030. The Hall–Kier alpha value is -2.91. The van der Waals surface area contributed by atoms with Crippen molar-refractivity contribution in [3.63, 3.8) is 0 Å². The first-order chi connectivity index (χ1) is 16.9. The summed E-state index contributed by atoms with van der Waals surface area (Å²) in [5, 5.41) is 16.2. The van der Waals surface area contributed by atoms with Gasteiger partial charge in [-0.15, -0.1) is 0 Å². The molecule has 1 amide bonds. The monoisotopic (exact) mass is 497 g/mol. The van der Waals surface area contributed by atoms with Gasteiger partial charge in [-0.3, -0.25) is 4.79 Å². The second kappa shape index (κ2) is 12.9. The molecular weight excluding hydrogens is 454 g/mol. The van der Waals surface area contributed by atoms with Gasteiger partial charge in [-0.1, -0.05) is 27.7 Å². The van der Waals surface area contributed by atoms with Crippen LogP contribution in [-0.2, 0) is 4.79 Å². The fourth-order valence-corrected chi connectivity index (χ4v) is 3.83. The molecule has 2 heterocycles. The van der Waals surface area contributed by atoms with E-state index in [-0.39, 0.29) is 24.0 Å². The Morgan fingerprint density at radius 3 is 2.22 bits per heavy atom. The Balaban J connectivity index is 2.84. The van der Waals surface area contributed by atoms with Crippen LogP contribution in [-0.4, -0.2) is 69.0 Å². The van der Waals surface area contributed by atoms with E-state index in [4.69, 9.17) is 4.99 Å². The normalized spacial score (nSPS) is 12.4. The highest BCUT2D eigenvalue weighted by atomic mass is 16.3. The lowest BCUT2D eigenvalue weighted by Gasteiger charge is -2.29. The van der Waals surface area contributed by atoms with E-state index in [1.54, 1.807) is 6.33 Å². The molecule has 0 atom stereocenters. The summed E-state index contributed by atoms with van der Waals surface area (Å²) in [7, 11) is 0. The molecule has 36 heavy (non-hydrogen) atoms. The summed E-state index contributed by atoms with van der Waals surface area (Å²) >= 11 is 0. The second-order valence-electron chi connectivity index (χ2n) is 10.7. The van der Waals surface area contributed by atoms with Crippen molar-refractivity contribution < 1.29 is 9.90 Å². The molecule has 0 bridgehead atoms. The number of aliphatic hydroxyl groups is 1. The van der Waals surface area contributed by atoms with E-state index in [1.807, 2.05) is 24.8 Å². The Kier molecular flexibility index (Phi) is 10.5. The molecule has 0 aliphatic rings. The SMILES string of the molecule is Cc1cc(C(=Nc2c(C(C)C)ncnc2C(C)C)N(CCO)CCNC(C)(C)C)c(NC=O)nc1C. The number of nitrogens with one attached hydrogen (secondary N) is 2. The number of pyridine rings is 1. The van der Waals surface area contributed by atoms with Gasteiger partial charge in [0.05, 0.1) is 23.6 Å². The van der Waals surface area contributed by atoms with Crippen LogP contribution in [0.15, 0.2) is 17.4 Å². The maximum atomic E-state index is 11.5. The number of hydrogen-bond donors (Lipinski definition) is 3. The predicted molar refractivity (Wildman–Crippen MR) is 146 cm³/mol. The number of aliphatic imine (C=N–C) groups is 1. The minimum absolute atomic E-state index is 0.0530. The second-order valence-corrected chi connectivity index (χ2v) is 10.7. The predicted octanol–water partition coefficient (Wildman–Crippen LogP) is 4.06. The molecule has 0 spiro atoms. The Morgan fingerprint density at radius 2 is 1.72 bits per heavy atom. The minimum atomic E-state index is -0.0582. The number of nitrogens with zero attached hydrogens (tertiary/aromatic N) is 5. The fourth-order valence-electron chi connectivity index (χ4n) is 3.83. The van der Waals surface area contributed by atoms with Crippen LogP contribution in [0.25, 0.3) is 0 Å². The number of carbonyl (C=O) groups is 1. The number of amidine groups is 1. The number of carbonyl (C=O) groups excluding carboxylic acids is 1. The van der Waals surface area contributed by atoms with E-state index < -0.39 is 0 Å². The van der Waals surface area contributed by atoms with Crippen LogP contribution >= 0.6 is 0 Å². The Labute approximate surface area is 215 Å². The smallest absolute Gasteiger partial charge is 0.212 e. The zero-order chi connectivity index (χ0) is 27.0. The molecule has 0 saturated heterocycles. The molecule has 0 radical (unpaired) electrons. The van der Waals surface area contributed by atoms with Crippen LogP contribution in [0, 0.1) is 13.8 Å². The average molecular weight is 498 g/mol. The molecule has 198 valence electrons. The third kappa shape index (κ3) is 7.80. The maximum Gasteiger partial charge on any atom is 0.212 e. The van der Waals surface area contributed by atoms with Gasteiger partial charge < -0.3 is 20.6 Å². The zero-order valence-electron chi connectivity index (χ0n) is 23.3. The van der Waals surface area contributed by atoms with Crippen molar-refractivity contribution in [2.24, 2.45) is 4.99 Å². The van der Waals surface area contributed by atoms with Crippen LogP contribution < -0.4 is 10.6 Å². The molecule has 2 rings (SSSR count). The summed E-state index contributed by atoms with van der Waals surface area (Å²) in [5.74, 6) is 1.29. The summed E-state index contributed by atoms with van der Waals surface area (Å²) in [4.78, 5) is 32.5. The quantitative estimate of drug-likeness (QED) is 0.243. The molecular formula is C27H43N7O2. The molecule has 9 nitrogen and oxygen atoms in total. The van der Waals surface area contributed by atoms with Crippen molar-refractivity contribution in [2.45, 2.75) is 79.7 Å². The molecule has 0 unspecified atom stereocenters. The van der Waals surface area contributed by atoms with Gasteiger partial charge in [-0.25, -0.2) is 19.9 Å². The van der Waals surface area contributed by atoms with Crippen LogP contribution in [0.2, 0.25) is 0 Å². The van der Waals surface area contributed by atoms with Crippen molar-refractivity contribution in [2.75, 3.05) is 31.6 Å². The van der Waals surface area contributed by atoms with E-state index >= 15 is 0 Å². The van der Waals surface area contributed by atoms with Gasteiger partial charge in [0, 0.05) is 30.9 Å². The first kappa shape index (κ1) is 29.3. The molecule has 9 heteroatoms. The standard InChI is InChI=1S/C27H43N7O2/c1-17(2)22-24(23(18(3)4)29-15-28-22)33-26(34(12-13-35)11-10-31-27(7,8)9)21-14-19(5)20(6)32-25(21)30-16-36/h14-18,31,35H,10-13H2,1-9H3,(H,30,32,36). The van der Waals surface area contributed by atoms with E-state index in [2.05, 4.69) is 74.1 Å². The van der Waals surface area contributed by atoms with Gasteiger partial charge in [-0.05, 0) is 58.1 Å². The summed E-state index contributed by atoms with van der Waals surface area (Å²) in [6, 6.07) is 1.99. The van der Waals surface area contributed by atoms with Gasteiger partial charge in [0.1, 0.15) is 23.7 Å². The highest BCUT2D eigenvalue weighted by Gasteiger charge is 2.23. The van der Waals surface area contributed by atoms with Gasteiger partial charge in [0.15, 0.2) is 0 Å². The number of hydrogen-bond acceptors (Lipinski definition) is 7. The molecule has 0 aliphatic heterocycles. The highest BCUT2D eigenvalue weighted by Crippen LogP contribution is 2.33. The van der Waals surface area contributed by atoms with Crippen LogP contribution in [0.3, 0.4) is 0 Å². The first-order valence-corrected chi connectivity index (χ1v) is 12.6. The van der Waals surface area contributed by atoms with Crippen LogP contribution in [0.4, 0.5) is 11.5 Å². The first-order valence-electron chi connectivity index (χ1n) is 12.6. The number of aliphatic hydroxyl groups excluding tert-OH is 1. The molecule has 0 fully saturated rings. The molecule has 0 saturated carbocycles. The lowest BCUT2D eigenvalue weighted by Crippen LogP contribution is -2.44. The van der Waals surface area contributed by atoms with E-state index in [9.17, 15) is 9.90 Å². The van der Waals surface area contributed by atoms with Crippen molar-refractivity contribution in [3.05, 3.63) is 40.6 Å². The summed E-state index contributed by atoms with van der Waals surface area (Å²) in [5.41, 5.74) is 4.84.